The van der Waals surface area contributed by atoms with Crippen LogP contribution in [0.2, 0.25) is 0 Å². The van der Waals surface area contributed by atoms with Crippen molar-refractivity contribution in [2.24, 2.45) is 17.4 Å². The van der Waals surface area contributed by atoms with Crippen molar-refractivity contribution in [2.45, 2.75) is 96.4 Å². The quantitative estimate of drug-likeness (QED) is 0.132. The van der Waals surface area contributed by atoms with Gasteiger partial charge in [-0.25, -0.2) is 9.59 Å². The van der Waals surface area contributed by atoms with Gasteiger partial charge in [0.2, 0.25) is 17.7 Å². The van der Waals surface area contributed by atoms with Gasteiger partial charge < -0.3 is 42.2 Å². The van der Waals surface area contributed by atoms with Gasteiger partial charge in [-0.1, -0.05) is 39.3 Å². The van der Waals surface area contributed by atoms with Gasteiger partial charge >= 0.3 is 12.2 Å². The van der Waals surface area contributed by atoms with E-state index >= 15 is 0 Å². The van der Waals surface area contributed by atoms with Gasteiger partial charge in [0.05, 0.1) is 6.54 Å². The summed E-state index contributed by atoms with van der Waals surface area (Å²) >= 11 is 0. The Morgan fingerprint density at radius 1 is 0.976 bits per heavy atom. The number of amides is 5. The summed E-state index contributed by atoms with van der Waals surface area (Å²) in [7, 11) is 0. The van der Waals surface area contributed by atoms with Gasteiger partial charge in [0.25, 0.3) is 0 Å². The molecule has 1 aromatic rings. The molecule has 5 amide bonds. The molecule has 1 saturated carbocycles. The van der Waals surface area contributed by atoms with E-state index in [2.05, 4.69) is 21.3 Å². The molecule has 13 nitrogen and oxygen atoms in total. The van der Waals surface area contributed by atoms with E-state index in [4.69, 9.17) is 20.9 Å². The maximum atomic E-state index is 13.2. The maximum absolute atomic E-state index is 13.2. The Kier molecular flexibility index (Phi) is 14.0. The predicted molar refractivity (Wildman–Crippen MR) is 157 cm³/mol. The highest BCUT2D eigenvalue weighted by atomic mass is 16.7. The number of primary amides is 1. The first kappa shape index (κ1) is 34.3. The van der Waals surface area contributed by atoms with Crippen molar-refractivity contribution in [2.75, 3.05) is 18.4 Å². The van der Waals surface area contributed by atoms with Crippen molar-refractivity contribution in [1.29, 1.82) is 0 Å². The normalized spacial score (nSPS) is 15.5. The van der Waals surface area contributed by atoms with Crippen LogP contribution >= 0.6 is 0 Å². The number of hydrogen-bond acceptors (Lipinski definition) is 8. The zero-order valence-electron chi connectivity index (χ0n) is 24.8. The van der Waals surface area contributed by atoms with E-state index in [1.54, 1.807) is 38.1 Å². The second-order valence-electron chi connectivity index (χ2n) is 10.9. The number of benzene rings is 1. The molecule has 8 N–H and O–H groups in total. The van der Waals surface area contributed by atoms with Crippen LogP contribution in [0.15, 0.2) is 24.3 Å². The summed E-state index contributed by atoms with van der Waals surface area (Å²) in [6.45, 7) is 5.49. The summed E-state index contributed by atoms with van der Waals surface area (Å²) in [5, 5.41) is 10.5. The molecule has 0 aromatic heterocycles. The summed E-state index contributed by atoms with van der Waals surface area (Å²) in [6.07, 6.45) is 5.51. The third-order valence-corrected chi connectivity index (χ3v) is 7.34. The van der Waals surface area contributed by atoms with Gasteiger partial charge in [0.15, 0.2) is 0 Å². The molecule has 0 aliphatic heterocycles. The van der Waals surface area contributed by atoms with Crippen molar-refractivity contribution >= 4 is 35.6 Å². The molecule has 0 heterocycles. The fourth-order valence-electron chi connectivity index (χ4n) is 4.80. The largest absolute Gasteiger partial charge is 0.509 e. The van der Waals surface area contributed by atoms with E-state index in [1.165, 1.54) is 0 Å². The average Bonchev–Trinajstić information content (AvgIpc) is 2.96. The molecule has 1 aliphatic rings. The fraction of sp³-hybridized carbons (Fsp3) is 0.621. The second kappa shape index (κ2) is 17.2. The molecule has 2 atom stereocenters. The molecule has 0 bridgehead atoms. The lowest BCUT2D eigenvalue weighted by atomic mass is 9.83. The van der Waals surface area contributed by atoms with Crippen LogP contribution in [-0.2, 0) is 30.5 Å². The van der Waals surface area contributed by atoms with Crippen molar-refractivity contribution in [1.82, 2.24) is 16.0 Å². The zero-order valence-corrected chi connectivity index (χ0v) is 24.8. The number of carbonyl (C=O) groups excluding carboxylic acids is 5. The van der Waals surface area contributed by atoms with Crippen LogP contribution in [0.3, 0.4) is 0 Å². The topological polar surface area (TPSA) is 204 Å². The van der Waals surface area contributed by atoms with E-state index in [0.717, 1.165) is 38.5 Å². The summed E-state index contributed by atoms with van der Waals surface area (Å²) in [4.78, 5) is 61.3. The summed E-state index contributed by atoms with van der Waals surface area (Å²) < 4.78 is 11.0. The molecule has 13 heteroatoms. The Balaban J connectivity index is 1.99. The lowest BCUT2D eigenvalue weighted by Gasteiger charge is -2.35. The summed E-state index contributed by atoms with van der Waals surface area (Å²) in [5.41, 5.74) is 11.2. The lowest BCUT2D eigenvalue weighted by molar-refractivity contribution is -0.131. The first-order valence-electron chi connectivity index (χ1n) is 14.6. The average molecular weight is 591 g/mol. The van der Waals surface area contributed by atoms with Gasteiger partial charge in [-0.15, -0.1) is 0 Å². The smallest absolute Gasteiger partial charge is 0.429 e. The van der Waals surface area contributed by atoms with Crippen LogP contribution in [0.4, 0.5) is 15.3 Å². The Hall–Kier alpha value is -3.87. The molecule has 0 spiro atoms. The van der Waals surface area contributed by atoms with Crippen LogP contribution < -0.4 is 32.7 Å². The molecule has 2 rings (SSSR count). The number of anilines is 1. The molecule has 1 fully saturated rings. The van der Waals surface area contributed by atoms with Crippen LogP contribution in [0.25, 0.3) is 0 Å². The van der Waals surface area contributed by atoms with Gasteiger partial charge in [0.1, 0.15) is 24.3 Å². The molecule has 1 aliphatic carbocycles. The molecule has 234 valence electrons. The van der Waals surface area contributed by atoms with E-state index < -0.39 is 47.6 Å². The number of hydrogen-bond donors (Lipinski definition) is 6. The maximum Gasteiger partial charge on any atom is 0.509 e. The predicted octanol–water partition coefficient (Wildman–Crippen LogP) is 2.42. The van der Waals surface area contributed by atoms with E-state index in [-0.39, 0.29) is 32.0 Å². The second-order valence-corrected chi connectivity index (χ2v) is 10.9. The lowest BCUT2D eigenvalue weighted by Crippen LogP contribution is -2.55. The van der Waals surface area contributed by atoms with Crippen LogP contribution in [-0.4, -0.2) is 60.7 Å². The first-order chi connectivity index (χ1) is 20.0. The van der Waals surface area contributed by atoms with E-state index in [9.17, 15) is 24.0 Å². The van der Waals surface area contributed by atoms with Gasteiger partial charge in [-0.3, -0.25) is 14.4 Å². The zero-order chi connectivity index (χ0) is 31.1. The number of nitrogens with one attached hydrogen (secondary N) is 4. The molecule has 0 unspecified atom stereocenters. The molecule has 1 aromatic carbocycles. The van der Waals surface area contributed by atoms with Crippen molar-refractivity contribution in [3.05, 3.63) is 29.8 Å². The van der Waals surface area contributed by atoms with E-state index in [1.807, 2.05) is 6.92 Å². The molecule has 0 saturated heterocycles. The third-order valence-electron chi connectivity index (χ3n) is 7.34. The standard InChI is InChI=1S/C29H46N6O7/c1-4-29(14-6-5-7-15-29)42-28(40)41-18-20-10-12-21(13-11-20)33-25(37)22(9-8-16-32-27(31)39)34-26(38)24(19(2)3)35-23(36)17-30/h10-13,19,22,24H,4-9,14-18,30H2,1-3H3,(H,33,37)(H,34,38)(H,35,36)(H3,31,32,39)/t22-,24-/m0/s1. The highest BCUT2D eigenvalue weighted by molar-refractivity contribution is 5.98. The van der Waals surface area contributed by atoms with E-state index in [0.29, 0.717) is 17.7 Å². The van der Waals surface area contributed by atoms with Crippen molar-refractivity contribution < 1.29 is 33.4 Å². The van der Waals surface area contributed by atoms with Crippen molar-refractivity contribution in [3.63, 3.8) is 0 Å². The molecule has 0 radical (unpaired) electrons. The minimum atomic E-state index is -0.966. The summed E-state index contributed by atoms with van der Waals surface area (Å²) in [5.74, 6) is -1.78. The summed E-state index contributed by atoms with van der Waals surface area (Å²) in [6, 6.07) is 4.18. The molecular formula is C29H46N6O7. The molecule has 42 heavy (non-hydrogen) atoms. The van der Waals surface area contributed by atoms with Gasteiger partial charge in [-0.2, -0.15) is 0 Å². The molecular weight excluding hydrogens is 544 g/mol. The van der Waals surface area contributed by atoms with Gasteiger partial charge in [0, 0.05) is 12.2 Å². The van der Waals surface area contributed by atoms with Crippen LogP contribution in [0.5, 0.6) is 0 Å². The Morgan fingerprint density at radius 2 is 1.64 bits per heavy atom. The first-order valence-corrected chi connectivity index (χ1v) is 14.6. The monoisotopic (exact) mass is 590 g/mol. The van der Waals surface area contributed by atoms with Gasteiger partial charge in [-0.05, 0) is 68.6 Å². The van der Waals surface area contributed by atoms with Crippen LogP contribution in [0.1, 0.15) is 77.7 Å². The highest BCUT2D eigenvalue weighted by Gasteiger charge is 2.35. The number of carbonyl (C=O) groups is 5. The fourth-order valence-corrected chi connectivity index (χ4v) is 4.80. The number of urea groups is 1. The number of nitrogens with two attached hydrogens (primary N) is 2. The number of rotatable bonds is 15. The van der Waals surface area contributed by atoms with Crippen LogP contribution in [0, 0.1) is 5.92 Å². The Labute approximate surface area is 247 Å². The minimum Gasteiger partial charge on any atom is -0.429 e. The SMILES string of the molecule is CCC1(OC(=O)OCc2ccc(NC(=O)[C@H](CCCNC(N)=O)NC(=O)[C@@H](NC(=O)CN)C(C)C)cc2)CCCCC1. The number of ether oxygens (including phenoxy) is 2. The highest BCUT2D eigenvalue weighted by Crippen LogP contribution is 2.34. The Morgan fingerprint density at radius 3 is 2.21 bits per heavy atom. The minimum absolute atomic E-state index is 0.0174. The third kappa shape index (κ3) is 11.6. The van der Waals surface area contributed by atoms with Crippen molar-refractivity contribution in [3.8, 4) is 0 Å². The Bertz CT molecular complexity index is 1060.